The van der Waals surface area contributed by atoms with E-state index in [0.717, 1.165) is 29.5 Å². The molecule has 1 atom stereocenters. The standard InChI is InChI=1S/C15H14F2N2O4S/c1-8-7-24-15(22)19(8)6-13(20)23-9(2)14(21)18-12-5-10(16)3-4-11(12)17/h3-5,7,9H,6H2,1-2H3,(H,18,21)/t9-/m0/s1. The molecule has 0 bridgehead atoms. The first-order valence-electron chi connectivity index (χ1n) is 6.88. The summed E-state index contributed by atoms with van der Waals surface area (Å²) >= 11 is 0.946. The molecule has 1 heterocycles. The summed E-state index contributed by atoms with van der Waals surface area (Å²) in [5, 5.41) is 3.74. The van der Waals surface area contributed by atoms with Gasteiger partial charge in [-0.05, 0) is 26.0 Å². The molecule has 0 aliphatic heterocycles. The quantitative estimate of drug-likeness (QED) is 0.832. The van der Waals surface area contributed by atoms with Gasteiger partial charge in [0.05, 0.1) is 5.69 Å². The van der Waals surface area contributed by atoms with Crippen LogP contribution in [0.15, 0.2) is 28.4 Å². The second-order valence-corrected chi connectivity index (χ2v) is 5.80. The monoisotopic (exact) mass is 356 g/mol. The lowest BCUT2D eigenvalue weighted by atomic mass is 10.2. The number of thiazole rings is 1. The number of amides is 1. The maximum atomic E-state index is 13.5. The number of nitrogens with one attached hydrogen (secondary N) is 1. The average Bonchev–Trinajstić information content (AvgIpc) is 2.82. The SMILES string of the molecule is Cc1csc(=O)n1CC(=O)O[C@@H](C)C(=O)Nc1cc(F)ccc1F. The minimum atomic E-state index is -1.24. The number of ether oxygens (including phenoxy) is 1. The molecule has 6 nitrogen and oxygen atoms in total. The van der Waals surface area contributed by atoms with Crippen molar-refractivity contribution in [3.05, 3.63) is 50.6 Å². The van der Waals surface area contributed by atoms with E-state index >= 15 is 0 Å². The fraction of sp³-hybridized carbons (Fsp3) is 0.267. The molecule has 9 heteroatoms. The van der Waals surface area contributed by atoms with Gasteiger partial charge in [0.2, 0.25) is 0 Å². The first-order chi connectivity index (χ1) is 11.3. The second kappa shape index (κ2) is 7.35. The summed E-state index contributed by atoms with van der Waals surface area (Å²) in [5.41, 5.74) is 0.244. The lowest BCUT2D eigenvalue weighted by Crippen LogP contribution is -2.32. The summed E-state index contributed by atoms with van der Waals surface area (Å²) in [6, 6.07) is 2.60. The molecule has 1 amide bonds. The predicted octanol–water partition coefficient (Wildman–Crippen LogP) is 2.07. The minimum Gasteiger partial charge on any atom is -0.451 e. The van der Waals surface area contributed by atoms with E-state index in [4.69, 9.17) is 4.74 Å². The molecule has 0 aliphatic carbocycles. The van der Waals surface area contributed by atoms with Gasteiger partial charge in [0.1, 0.15) is 18.2 Å². The van der Waals surface area contributed by atoms with E-state index in [2.05, 4.69) is 5.32 Å². The van der Waals surface area contributed by atoms with E-state index in [0.29, 0.717) is 5.69 Å². The highest BCUT2D eigenvalue weighted by Crippen LogP contribution is 2.15. The third-order valence-corrected chi connectivity index (χ3v) is 4.01. The molecule has 0 aliphatic rings. The Balaban J connectivity index is 1.97. The van der Waals surface area contributed by atoms with Crippen molar-refractivity contribution in [3.8, 4) is 0 Å². The Hall–Kier alpha value is -2.55. The molecule has 24 heavy (non-hydrogen) atoms. The fourth-order valence-corrected chi connectivity index (χ4v) is 2.58. The van der Waals surface area contributed by atoms with Gasteiger partial charge in [0.25, 0.3) is 5.91 Å². The highest BCUT2D eigenvalue weighted by molar-refractivity contribution is 7.07. The van der Waals surface area contributed by atoms with Crippen molar-refractivity contribution in [1.82, 2.24) is 4.57 Å². The van der Waals surface area contributed by atoms with Crippen LogP contribution in [0.3, 0.4) is 0 Å². The van der Waals surface area contributed by atoms with Crippen LogP contribution >= 0.6 is 11.3 Å². The number of hydrogen-bond acceptors (Lipinski definition) is 5. The molecule has 0 radical (unpaired) electrons. The van der Waals surface area contributed by atoms with Gasteiger partial charge >= 0.3 is 10.8 Å². The summed E-state index contributed by atoms with van der Waals surface area (Å²) < 4.78 is 32.7. The first kappa shape index (κ1) is 17.8. The van der Waals surface area contributed by atoms with Crippen LogP contribution in [0.25, 0.3) is 0 Å². The summed E-state index contributed by atoms with van der Waals surface area (Å²) in [4.78, 5) is 34.9. The van der Waals surface area contributed by atoms with E-state index in [-0.39, 0.29) is 17.1 Å². The highest BCUT2D eigenvalue weighted by Gasteiger charge is 2.20. The van der Waals surface area contributed by atoms with E-state index in [1.54, 1.807) is 12.3 Å². The molecule has 2 aromatic rings. The Morgan fingerprint density at radius 3 is 2.71 bits per heavy atom. The summed E-state index contributed by atoms with van der Waals surface area (Å²) in [5.74, 6) is -3.14. The Bertz CT molecular complexity index is 831. The molecule has 0 fully saturated rings. The molecular weight excluding hydrogens is 342 g/mol. The summed E-state index contributed by atoms with van der Waals surface area (Å²) in [6.45, 7) is 2.61. The second-order valence-electron chi connectivity index (χ2n) is 4.97. The lowest BCUT2D eigenvalue weighted by molar-refractivity contribution is -0.153. The van der Waals surface area contributed by atoms with Crippen LogP contribution < -0.4 is 10.2 Å². The third kappa shape index (κ3) is 4.25. The molecule has 128 valence electrons. The molecule has 1 aromatic heterocycles. The number of rotatable bonds is 5. The molecule has 0 saturated carbocycles. The maximum absolute atomic E-state index is 13.5. The van der Waals surface area contributed by atoms with Crippen LogP contribution in [0, 0.1) is 18.6 Å². The van der Waals surface area contributed by atoms with Gasteiger partial charge in [-0.25, -0.2) is 8.78 Å². The van der Waals surface area contributed by atoms with Gasteiger partial charge in [-0.1, -0.05) is 11.3 Å². The highest BCUT2D eigenvalue weighted by atomic mass is 32.1. The van der Waals surface area contributed by atoms with Gasteiger partial charge in [-0.3, -0.25) is 19.0 Å². The minimum absolute atomic E-state index is 0.316. The van der Waals surface area contributed by atoms with Gasteiger partial charge in [-0.2, -0.15) is 0 Å². The van der Waals surface area contributed by atoms with Gasteiger partial charge in [-0.15, -0.1) is 0 Å². The van der Waals surface area contributed by atoms with Gasteiger partial charge in [0.15, 0.2) is 6.10 Å². The molecule has 1 N–H and O–H groups in total. The van der Waals surface area contributed by atoms with E-state index < -0.39 is 29.6 Å². The molecule has 0 unspecified atom stereocenters. The number of carbonyl (C=O) groups excluding carboxylic acids is 2. The van der Waals surface area contributed by atoms with Crippen molar-refractivity contribution in [3.63, 3.8) is 0 Å². The van der Waals surface area contributed by atoms with Crippen molar-refractivity contribution in [2.45, 2.75) is 26.5 Å². The van der Waals surface area contributed by atoms with Gasteiger partial charge in [0, 0.05) is 17.1 Å². The largest absolute Gasteiger partial charge is 0.451 e. The van der Waals surface area contributed by atoms with Crippen LogP contribution in [0.1, 0.15) is 12.6 Å². The summed E-state index contributed by atoms with van der Waals surface area (Å²) in [7, 11) is 0. The van der Waals surface area contributed by atoms with Crippen molar-refractivity contribution in [1.29, 1.82) is 0 Å². The topological polar surface area (TPSA) is 77.4 Å². The van der Waals surface area contributed by atoms with Crippen molar-refractivity contribution in [2.24, 2.45) is 0 Å². The van der Waals surface area contributed by atoms with Gasteiger partial charge < -0.3 is 10.1 Å². The van der Waals surface area contributed by atoms with E-state index in [9.17, 15) is 23.2 Å². The number of carbonyl (C=O) groups is 2. The van der Waals surface area contributed by atoms with E-state index in [1.807, 2.05) is 0 Å². The average molecular weight is 356 g/mol. The fourth-order valence-electron chi connectivity index (χ4n) is 1.84. The molecule has 2 rings (SSSR count). The van der Waals surface area contributed by atoms with Crippen LogP contribution in [0.4, 0.5) is 14.5 Å². The van der Waals surface area contributed by atoms with Crippen molar-refractivity contribution < 1.29 is 23.1 Å². The number of esters is 1. The maximum Gasteiger partial charge on any atom is 0.326 e. The number of nitrogens with zero attached hydrogens (tertiary/aromatic N) is 1. The zero-order valence-corrected chi connectivity index (χ0v) is 13.7. The number of aryl methyl sites for hydroxylation is 1. The number of hydrogen-bond donors (Lipinski definition) is 1. The first-order valence-corrected chi connectivity index (χ1v) is 7.76. The Morgan fingerprint density at radius 1 is 1.38 bits per heavy atom. The number of anilines is 1. The zero-order chi connectivity index (χ0) is 17.9. The van der Waals surface area contributed by atoms with Crippen LogP contribution in [0.2, 0.25) is 0 Å². The number of aromatic nitrogens is 1. The number of halogens is 2. The molecular formula is C15H14F2N2O4S. The molecule has 1 aromatic carbocycles. The smallest absolute Gasteiger partial charge is 0.326 e. The summed E-state index contributed by atoms with van der Waals surface area (Å²) in [6.07, 6.45) is -1.24. The van der Waals surface area contributed by atoms with E-state index in [1.165, 1.54) is 11.5 Å². The number of benzene rings is 1. The molecule has 0 saturated heterocycles. The molecule has 0 spiro atoms. The van der Waals surface area contributed by atoms with Crippen molar-refractivity contribution >= 4 is 28.9 Å². The predicted molar refractivity (Wildman–Crippen MR) is 83.9 cm³/mol. The lowest BCUT2D eigenvalue weighted by Gasteiger charge is -2.14. The normalized spacial score (nSPS) is 11.8. The van der Waals surface area contributed by atoms with Crippen LogP contribution in [0.5, 0.6) is 0 Å². The Labute approximate surface area is 139 Å². The Morgan fingerprint density at radius 2 is 2.08 bits per heavy atom. The third-order valence-electron chi connectivity index (χ3n) is 3.13. The Kier molecular flexibility index (Phi) is 5.45. The van der Waals surface area contributed by atoms with Crippen LogP contribution in [-0.4, -0.2) is 22.5 Å². The van der Waals surface area contributed by atoms with Crippen LogP contribution in [-0.2, 0) is 20.9 Å². The zero-order valence-electron chi connectivity index (χ0n) is 12.8. The van der Waals surface area contributed by atoms with Crippen molar-refractivity contribution in [2.75, 3.05) is 5.32 Å².